The fourth-order valence-electron chi connectivity index (χ4n) is 5.04. The van der Waals surface area contributed by atoms with E-state index in [9.17, 15) is 35.1 Å². The Labute approximate surface area is 241 Å². The first-order valence-electron chi connectivity index (χ1n) is 13.2. The topological polar surface area (TPSA) is 148 Å². The van der Waals surface area contributed by atoms with Crippen LogP contribution in [-0.2, 0) is 6.42 Å². The van der Waals surface area contributed by atoms with Crippen molar-refractivity contribution in [1.29, 1.82) is 0 Å². The van der Waals surface area contributed by atoms with E-state index in [0.717, 1.165) is 34.0 Å². The van der Waals surface area contributed by atoms with Crippen LogP contribution in [0.1, 0.15) is 43.0 Å². The molecule has 2 heterocycles. The van der Waals surface area contributed by atoms with E-state index in [-0.39, 0.29) is 24.1 Å². The lowest BCUT2D eigenvalue weighted by molar-refractivity contribution is -0.0910. The summed E-state index contributed by atoms with van der Waals surface area (Å²) >= 11 is 1.02. The van der Waals surface area contributed by atoms with E-state index in [2.05, 4.69) is 0 Å². The van der Waals surface area contributed by atoms with E-state index in [4.69, 9.17) is 4.74 Å². The van der Waals surface area contributed by atoms with Crippen molar-refractivity contribution in [3.63, 3.8) is 0 Å². The van der Waals surface area contributed by atoms with Crippen LogP contribution in [0.15, 0.2) is 66.7 Å². The monoisotopic (exact) mass is 577 g/mol. The maximum Gasteiger partial charge on any atom is 0.261 e. The molecule has 1 saturated heterocycles. The third-order valence-electron chi connectivity index (χ3n) is 7.35. The molecule has 0 radical (unpaired) electrons. The first-order chi connectivity index (χ1) is 19.7. The first-order valence-corrected chi connectivity index (χ1v) is 14.1. The number of aromatic hydroxyl groups is 1. The predicted molar refractivity (Wildman–Crippen MR) is 154 cm³/mol. The van der Waals surface area contributed by atoms with Gasteiger partial charge in [0.05, 0.1) is 29.1 Å². The van der Waals surface area contributed by atoms with E-state index in [1.807, 2.05) is 37.3 Å². The van der Waals surface area contributed by atoms with Crippen LogP contribution in [0.2, 0.25) is 0 Å². The molecule has 3 aromatic rings. The number of imide groups is 1. The van der Waals surface area contributed by atoms with Gasteiger partial charge in [0.2, 0.25) is 0 Å². The molecule has 1 fully saturated rings. The van der Waals surface area contributed by atoms with Crippen molar-refractivity contribution in [3.8, 4) is 11.5 Å². The highest BCUT2D eigenvalue weighted by Gasteiger charge is 2.44. The Morgan fingerprint density at radius 3 is 2.22 bits per heavy atom. The van der Waals surface area contributed by atoms with Gasteiger partial charge in [0, 0.05) is 24.6 Å². The number of benzene rings is 3. The van der Waals surface area contributed by atoms with Crippen molar-refractivity contribution in [2.24, 2.45) is 0 Å². The maximum absolute atomic E-state index is 12.5. The average Bonchev–Trinajstić information content (AvgIpc) is 3.20. The largest absolute Gasteiger partial charge is 0.508 e. The zero-order valence-corrected chi connectivity index (χ0v) is 23.1. The number of nitrogens with zero attached hydrogens (tertiary/aromatic N) is 1. The summed E-state index contributed by atoms with van der Waals surface area (Å²) in [5.41, 5.74) is 3.23. The van der Waals surface area contributed by atoms with Crippen molar-refractivity contribution < 1.29 is 39.9 Å². The lowest BCUT2D eigenvalue weighted by Crippen LogP contribution is -2.55. The molecule has 2 aliphatic heterocycles. The van der Waals surface area contributed by atoms with Gasteiger partial charge in [-0.3, -0.25) is 14.5 Å². The summed E-state index contributed by atoms with van der Waals surface area (Å²) in [4.78, 5) is 26.3. The molecule has 0 unspecified atom stereocenters. The quantitative estimate of drug-likeness (QED) is 0.255. The number of aliphatic hydroxyl groups is 4. The number of carbonyl (C=O) groups is 2. The van der Waals surface area contributed by atoms with Crippen LogP contribution < -0.4 is 4.74 Å². The fraction of sp³-hybridized carbons (Fsp3) is 0.290. The Balaban J connectivity index is 1.27. The fourth-order valence-corrected chi connectivity index (χ4v) is 6.27. The number of rotatable bonds is 8. The maximum atomic E-state index is 12.5. The third-order valence-corrected chi connectivity index (χ3v) is 8.77. The molecular weight excluding hydrogens is 546 g/mol. The van der Waals surface area contributed by atoms with Crippen LogP contribution in [0.4, 0.5) is 0 Å². The van der Waals surface area contributed by atoms with Crippen LogP contribution in [0, 0.1) is 6.92 Å². The number of phenols is 1. The minimum atomic E-state index is -1.49. The van der Waals surface area contributed by atoms with Gasteiger partial charge in [0.1, 0.15) is 23.7 Å². The number of hydrogen-bond donors (Lipinski definition) is 5. The number of thioether (sulfide) groups is 1. The number of amides is 2. The summed E-state index contributed by atoms with van der Waals surface area (Å²) in [6.07, 6.45) is -0.136. The smallest absolute Gasteiger partial charge is 0.261 e. The van der Waals surface area contributed by atoms with Crippen molar-refractivity contribution in [3.05, 3.63) is 100 Å². The van der Waals surface area contributed by atoms with Gasteiger partial charge in [0.15, 0.2) is 5.44 Å². The van der Waals surface area contributed by atoms with Crippen molar-refractivity contribution in [2.45, 2.75) is 42.3 Å². The van der Waals surface area contributed by atoms with Gasteiger partial charge in [-0.25, -0.2) is 0 Å². The molecule has 41 heavy (non-hydrogen) atoms. The van der Waals surface area contributed by atoms with E-state index < -0.39 is 35.6 Å². The molecule has 0 bridgehead atoms. The molecule has 0 aromatic heterocycles. The summed E-state index contributed by atoms with van der Waals surface area (Å²) in [6, 6.07) is 17.5. The standard InChI is InChI=1S/C31H31NO8S/c1-17-13-20(34)15-24(40-31-28(37)27(36)26(35)25(16-33)41-31)23(17)14-19-10-8-18(9-11-19)5-4-12-32-29(38)21-6-2-3-7-22(21)30(32)39/h2-11,13,15,25-28,31,33-37H,12,14,16H2,1H3/b5-4+/t25-,26-,27+,28-,31-/m1/s1. The zero-order chi connectivity index (χ0) is 29.3. The number of phenolic OH excluding ortho intramolecular Hbond substituents is 1. The zero-order valence-electron chi connectivity index (χ0n) is 22.3. The molecule has 0 aliphatic carbocycles. The molecule has 3 aromatic carbocycles. The molecule has 5 rings (SSSR count). The third kappa shape index (κ3) is 5.88. The summed E-state index contributed by atoms with van der Waals surface area (Å²) in [7, 11) is 0. The number of aliphatic hydroxyl groups excluding tert-OH is 4. The minimum Gasteiger partial charge on any atom is -0.508 e. The Morgan fingerprint density at radius 2 is 1.59 bits per heavy atom. The van der Waals surface area contributed by atoms with E-state index in [1.54, 1.807) is 36.4 Å². The number of aryl methyl sites for hydroxylation is 1. The summed E-state index contributed by atoms with van der Waals surface area (Å²) in [5.74, 6) is -0.298. The van der Waals surface area contributed by atoms with Crippen LogP contribution in [0.5, 0.6) is 11.5 Å². The molecule has 0 spiro atoms. The SMILES string of the molecule is Cc1cc(O)cc(O[C@@H]2S[C@H](CO)[C@@H](O)[C@H](O)[C@H]2O)c1Cc1ccc(/C=C/CN2C(=O)c3ccccc3C2=O)cc1. The Kier molecular flexibility index (Phi) is 8.48. The Bertz CT molecular complexity index is 1440. The van der Waals surface area contributed by atoms with Crippen molar-refractivity contribution >= 4 is 29.7 Å². The van der Waals surface area contributed by atoms with Crippen molar-refractivity contribution in [2.75, 3.05) is 13.2 Å². The Morgan fingerprint density at radius 1 is 0.927 bits per heavy atom. The molecule has 214 valence electrons. The van der Waals surface area contributed by atoms with Gasteiger partial charge in [-0.2, -0.15) is 0 Å². The summed E-state index contributed by atoms with van der Waals surface area (Å²) in [6.45, 7) is 1.59. The second kappa shape index (κ2) is 12.1. The lowest BCUT2D eigenvalue weighted by Gasteiger charge is -2.39. The van der Waals surface area contributed by atoms with Gasteiger partial charge in [-0.15, -0.1) is 11.8 Å². The van der Waals surface area contributed by atoms with Crippen LogP contribution in [0.3, 0.4) is 0 Å². The van der Waals surface area contributed by atoms with E-state index in [1.165, 1.54) is 11.0 Å². The molecule has 2 amide bonds. The van der Waals surface area contributed by atoms with Gasteiger partial charge >= 0.3 is 0 Å². The Hall–Kier alpha value is -3.67. The molecule has 9 nitrogen and oxygen atoms in total. The normalized spacial score (nSPS) is 24.2. The number of fused-ring (bicyclic) bond motifs is 1. The van der Waals surface area contributed by atoms with Gasteiger partial charge in [-0.05, 0) is 41.8 Å². The molecular formula is C31H31NO8S. The predicted octanol–water partition coefficient (Wildman–Crippen LogP) is 2.50. The van der Waals surface area contributed by atoms with Crippen LogP contribution in [0.25, 0.3) is 6.08 Å². The second-order valence-corrected chi connectivity index (χ2v) is 11.5. The van der Waals surface area contributed by atoms with Crippen LogP contribution >= 0.6 is 11.8 Å². The molecule has 2 aliphatic rings. The van der Waals surface area contributed by atoms with Crippen LogP contribution in [-0.4, -0.2) is 84.4 Å². The van der Waals surface area contributed by atoms with Gasteiger partial charge < -0.3 is 30.3 Å². The second-order valence-electron chi connectivity index (χ2n) is 10.1. The highest BCUT2D eigenvalue weighted by molar-refractivity contribution is 8.00. The molecule has 0 saturated carbocycles. The summed E-state index contributed by atoms with van der Waals surface area (Å²) in [5, 5.41) is 49.9. The van der Waals surface area contributed by atoms with Gasteiger partial charge in [-0.1, -0.05) is 48.6 Å². The molecule has 5 atom stereocenters. The number of carbonyl (C=O) groups excluding carboxylic acids is 2. The lowest BCUT2D eigenvalue weighted by atomic mass is 9.98. The highest BCUT2D eigenvalue weighted by Crippen LogP contribution is 2.38. The van der Waals surface area contributed by atoms with E-state index >= 15 is 0 Å². The van der Waals surface area contributed by atoms with Crippen molar-refractivity contribution in [1.82, 2.24) is 4.90 Å². The first kappa shape index (κ1) is 28.8. The minimum absolute atomic E-state index is 0.0191. The van der Waals surface area contributed by atoms with E-state index in [0.29, 0.717) is 23.3 Å². The summed E-state index contributed by atoms with van der Waals surface area (Å²) < 4.78 is 6.05. The molecule has 5 N–H and O–H groups in total. The number of hydrogen-bond acceptors (Lipinski definition) is 9. The number of ether oxygens (including phenoxy) is 1. The van der Waals surface area contributed by atoms with Gasteiger partial charge in [0.25, 0.3) is 11.8 Å². The average molecular weight is 578 g/mol. The molecule has 10 heteroatoms. The highest BCUT2D eigenvalue weighted by atomic mass is 32.2.